The van der Waals surface area contributed by atoms with E-state index >= 15 is 0 Å². The summed E-state index contributed by atoms with van der Waals surface area (Å²) in [5.41, 5.74) is 7.21. The maximum Gasteiger partial charge on any atom is 0.0346 e. The van der Waals surface area contributed by atoms with Crippen LogP contribution in [-0.2, 0) is 0 Å². The fourth-order valence-corrected chi connectivity index (χ4v) is 6.30. The summed E-state index contributed by atoms with van der Waals surface area (Å²) in [5, 5.41) is 6.33. The van der Waals surface area contributed by atoms with Gasteiger partial charge in [-0.3, -0.25) is 0 Å². The molecular formula is C25H18P2. The largest absolute Gasteiger partial charge is 0.0622 e. The van der Waals surface area contributed by atoms with Crippen molar-refractivity contribution in [3.63, 3.8) is 0 Å². The average Bonchev–Trinajstić information content (AvgIpc) is 3.63. The van der Waals surface area contributed by atoms with Crippen molar-refractivity contribution in [2.45, 2.75) is 5.92 Å². The Morgan fingerprint density at radius 3 is 1.85 bits per heavy atom. The summed E-state index contributed by atoms with van der Waals surface area (Å²) in [6, 6.07) is 33.5. The summed E-state index contributed by atoms with van der Waals surface area (Å²) in [6.45, 7) is 0. The van der Waals surface area contributed by atoms with Gasteiger partial charge in [-0.15, -0.1) is 0 Å². The molecule has 0 radical (unpaired) electrons. The zero-order valence-electron chi connectivity index (χ0n) is 14.7. The lowest BCUT2D eigenvalue weighted by atomic mass is 9.84. The Morgan fingerprint density at radius 2 is 1.15 bits per heavy atom. The second-order valence-electron chi connectivity index (χ2n) is 7.18. The van der Waals surface area contributed by atoms with Crippen molar-refractivity contribution in [2.24, 2.45) is 0 Å². The van der Waals surface area contributed by atoms with Gasteiger partial charge in [-0.1, -0.05) is 108 Å². The number of hydrogen-bond donors (Lipinski definition) is 0. The molecule has 2 atom stereocenters. The van der Waals surface area contributed by atoms with Crippen LogP contribution < -0.4 is 21.2 Å². The first-order chi connectivity index (χ1) is 13.4. The van der Waals surface area contributed by atoms with Gasteiger partial charge in [0.15, 0.2) is 0 Å². The first-order valence-corrected chi connectivity index (χ1v) is 11.3. The molecule has 0 saturated heterocycles. The molecule has 2 heterocycles. The highest BCUT2D eigenvalue weighted by molar-refractivity contribution is 7.69. The van der Waals surface area contributed by atoms with E-state index in [0.717, 1.165) is 17.2 Å². The summed E-state index contributed by atoms with van der Waals surface area (Å²) in [7, 11) is 1.80. The van der Waals surface area contributed by atoms with Gasteiger partial charge in [-0.25, -0.2) is 0 Å². The molecule has 0 N–H and O–H groups in total. The Hall–Kier alpha value is -2.26. The maximum atomic E-state index is 2.39. The van der Waals surface area contributed by atoms with Crippen LogP contribution in [0.15, 0.2) is 91.0 Å². The van der Waals surface area contributed by atoms with Gasteiger partial charge in [0.1, 0.15) is 0 Å². The summed E-state index contributed by atoms with van der Waals surface area (Å²) >= 11 is 0. The van der Waals surface area contributed by atoms with Crippen LogP contribution in [0.25, 0.3) is 11.1 Å². The topological polar surface area (TPSA) is 0 Å². The molecule has 6 rings (SSSR count). The molecule has 4 aromatic rings. The third-order valence-corrected chi connectivity index (χ3v) is 8.09. The molecule has 0 spiro atoms. The Bertz CT molecular complexity index is 1120. The van der Waals surface area contributed by atoms with E-state index in [9.17, 15) is 0 Å². The molecule has 0 amide bonds. The molecular weight excluding hydrogens is 362 g/mol. The summed E-state index contributed by atoms with van der Waals surface area (Å²) in [6.07, 6.45) is 0. The number of rotatable bonds is 4. The highest BCUT2D eigenvalue weighted by atomic mass is 31.1. The Balaban J connectivity index is 1.49. The van der Waals surface area contributed by atoms with Crippen molar-refractivity contribution >= 4 is 38.4 Å². The van der Waals surface area contributed by atoms with Crippen LogP contribution in [0, 0.1) is 0 Å². The molecule has 2 heteroatoms. The van der Waals surface area contributed by atoms with E-state index in [4.69, 9.17) is 0 Å². The van der Waals surface area contributed by atoms with Crippen molar-refractivity contribution in [1.82, 2.24) is 0 Å². The Morgan fingerprint density at radius 1 is 0.481 bits per heavy atom. The van der Waals surface area contributed by atoms with Crippen molar-refractivity contribution in [3.05, 3.63) is 108 Å². The average molecular weight is 380 g/mol. The van der Waals surface area contributed by atoms with E-state index in [1.165, 1.54) is 27.8 Å². The summed E-state index contributed by atoms with van der Waals surface area (Å²) in [5.74, 6) is 0.322. The highest BCUT2D eigenvalue weighted by Gasteiger charge is 2.32. The van der Waals surface area contributed by atoms with Crippen LogP contribution in [0.3, 0.4) is 0 Å². The second-order valence-corrected chi connectivity index (χ2v) is 9.72. The van der Waals surface area contributed by atoms with Gasteiger partial charge in [0.25, 0.3) is 0 Å². The monoisotopic (exact) mass is 380 g/mol. The molecule has 0 bridgehead atoms. The van der Waals surface area contributed by atoms with Crippen LogP contribution in [0.2, 0.25) is 0 Å². The quantitative estimate of drug-likeness (QED) is 0.314. The standard InChI is InChI=1S/C25H18P2/c1-3-8-16(9-4-1)22(17-10-5-2-6-11-17)20-15-14-19(24-25(20)27-24)18-12-7-13-21-23(18)26-21/h1-15,22,26-27H. The molecule has 2 aliphatic rings. The van der Waals surface area contributed by atoms with Gasteiger partial charge in [0, 0.05) is 5.92 Å². The van der Waals surface area contributed by atoms with Crippen LogP contribution in [0.1, 0.15) is 22.6 Å². The van der Waals surface area contributed by atoms with Gasteiger partial charge < -0.3 is 0 Å². The molecule has 128 valence electrons. The number of hydrogen-bond acceptors (Lipinski definition) is 0. The zero-order chi connectivity index (χ0) is 17.8. The lowest BCUT2D eigenvalue weighted by Crippen LogP contribution is -2.11. The molecule has 0 fully saturated rings. The van der Waals surface area contributed by atoms with Crippen LogP contribution in [-0.4, -0.2) is 0 Å². The minimum atomic E-state index is 0.322. The maximum absolute atomic E-state index is 2.39. The molecule has 2 unspecified atom stereocenters. The number of fused-ring (bicyclic) bond motifs is 2. The van der Waals surface area contributed by atoms with E-state index < -0.39 is 0 Å². The first-order valence-electron chi connectivity index (χ1n) is 9.34. The smallest absolute Gasteiger partial charge is 0.0346 e. The molecule has 0 saturated carbocycles. The van der Waals surface area contributed by atoms with E-state index in [0.29, 0.717) is 5.92 Å². The van der Waals surface area contributed by atoms with E-state index in [1.54, 1.807) is 21.2 Å². The second kappa shape index (κ2) is 6.13. The van der Waals surface area contributed by atoms with Crippen LogP contribution >= 0.6 is 17.2 Å². The van der Waals surface area contributed by atoms with E-state index in [2.05, 4.69) is 91.0 Å². The summed E-state index contributed by atoms with van der Waals surface area (Å²) < 4.78 is 0. The predicted octanol–water partition coefficient (Wildman–Crippen LogP) is 4.42. The predicted molar refractivity (Wildman–Crippen MR) is 121 cm³/mol. The minimum Gasteiger partial charge on any atom is -0.0622 e. The Labute approximate surface area is 163 Å². The van der Waals surface area contributed by atoms with Gasteiger partial charge in [-0.05, 0) is 49.0 Å². The fourth-order valence-electron chi connectivity index (χ4n) is 4.15. The molecule has 27 heavy (non-hydrogen) atoms. The summed E-state index contributed by atoms with van der Waals surface area (Å²) in [4.78, 5) is 0. The van der Waals surface area contributed by atoms with E-state index in [-0.39, 0.29) is 0 Å². The molecule has 0 nitrogen and oxygen atoms in total. The molecule has 4 aromatic carbocycles. The minimum absolute atomic E-state index is 0.322. The normalized spacial score (nSPS) is 15.0. The van der Waals surface area contributed by atoms with Crippen molar-refractivity contribution in [3.8, 4) is 11.1 Å². The zero-order valence-corrected chi connectivity index (χ0v) is 16.7. The van der Waals surface area contributed by atoms with Crippen LogP contribution in [0.4, 0.5) is 0 Å². The Kier molecular flexibility index (Phi) is 3.58. The molecule has 2 aliphatic heterocycles. The van der Waals surface area contributed by atoms with E-state index in [1.807, 2.05) is 0 Å². The van der Waals surface area contributed by atoms with Gasteiger partial charge in [-0.2, -0.15) is 0 Å². The van der Waals surface area contributed by atoms with Crippen molar-refractivity contribution < 1.29 is 0 Å². The van der Waals surface area contributed by atoms with Crippen molar-refractivity contribution in [2.75, 3.05) is 0 Å². The lowest BCUT2D eigenvalue weighted by molar-refractivity contribution is 0.989. The molecule has 0 aromatic heterocycles. The third-order valence-electron chi connectivity index (χ3n) is 5.55. The van der Waals surface area contributed by atoms with Gasteiger partial charge in [0.2, 0.25) is 0 Å². The lowest BCUT2D eigenvalue weighted by Gasteiger charge is -2.19. The fraction of sp³-hybridized carbons (Fsp3) is 0.0400. The molecule has 0 aliphatic carbocycles. The van der Waals surface area contributed by atoms with Crippen LogP contribution in [0.5, 0.6) is 0 Å². The highest BCUT2D eigenvalue weighted by Crippen LogP contribution is 2.42. The van der Waals surface area contributed by atoms with Gasteiger partial charge >= 0.3 is 0 Å². The van der Waals surface area contributed by atoms with Crippen molar-refractivity contribution in [1.29, 1.82) is 0 Å². The van der Waals surface area contributed by atoms with Gasteiger partial charge in [0.05, 0.1) is 0 Å². The SMILES string of the molecule is c1ccc(C(c2ccccc2)c2ccc(-c3cccc4c3P4)c3c2P3)cc1. The third kappa shape index (κ3) is 2.68. The first kappa shape index (κ1) is 15.8. The number of benzene rings is 4.